The lowest BCUT2D eigenvalue weighted by Crippen LogP contribution is -2.42. The minimum atomic E-state index is -4.82. The zero-order valence-electron chi connectivity index (χ0n) is 14.1. The molecule has 138 valence electrons. The van der Waals surface area contributed by atoms with Crippen molar-refractivity contribution in [1.82, 2.24) is 0 Å². The summed E-state index contributed by atoms with van der Waals surface area (Å²) in [6.07, 6.45) is 5.00. The molecule has 0 heterocycles. The fourth-order valence-corrected chi connectivity index (χ4v) is 6.41. The van der Waals surface area contributed by atoms with Crippen molar-refractivity contribution in [1.29, 1.82) is 0 Å². The van der Waals surface area contributed by atoms with E-state index in [1.165, 1.54) is 60.7 Å². The summed E-state index contributed by atoms with van der Waals surface area (Å²) in [4.78, 5) is -0.775. The first-order valence-electron chi connectivity index (χ1n) is 7.83. The summed E-state index contributed by atoms with van der Waals surface area (Å²) < 4.78 is 64.1. The third-order valence-corrected chi connectivity index (χ3v) is 8.75. The van der Waals surface area contributed by atoms with Gasteiger partial charge < -0.3 is 0 Å². The molecule has 0 saturated carbocycles. The molecular weight excluding hydrogens is 375 g/mol. The van der Waals surface area contributed by atoms with Crippen LogP contribution in [0.25, 0.3) is 0 Å². The summed E-state index contributed by atoms with van der Waals surface area (Å²) in [5, 5.41) is 0. The Morgan fingerprint density at radius 2 is 1.23 bits per heavy atom. The number of hydrogen-bond donors (Lipinski definition) is 0. The molecule has 0 aromatic heterocycles. The molecule has 0 bridgehead atoms. The Balaban J connectivity index is 2.67. The molecule has 0 radical (unpaired) electrons. The lowest BCUT2D eigenvalue weighted by molar-refractivity contribution is 0.358. The quantitative estimate of drug-likeness (QED) is 0.664. The van der Waals surface area contributed by atoms with Crippen molar-refractivity contribution in [3.05, 3.63) is 85.0 Å². The summed E-state index contributed by atoms with van der Waals surface area (Å²) in [6, 6.07) is 13.5. The van der Waals surface area contributed by atoms with E-state index < -0.39 is 30.4 Å². The maximum atomic E-state index is 15.9. The second-order valence-corrected chi connectivity index (χ2v) is 9.96. The predicted molar refractivity (Wildman–Crippen MR) is 99.7 cm³/mol. The van der Waals surface area contributed by atoms with Gasteiger partial charge in [0, 0.05) is 6.42 Å². The minimum absolute atomic E-state index is 0.388. The monoisotopic (exact) mass is 394 g/mol. The maximum absolute atomic E-state index is 15.9. The molecule has 0 fully saturated rings. The summed E-state index contributed by atoms with van der Waals surface area (Å²) in [5.41, 5.74) is 0. The van der Waals surface area contributed by atoms with Crippen molar-refractivity contribution < 1.29 is 21.2 Å². The molecule has 0 amide bonds. The van der Waals surface area contributed by atoms with Crippen LogP contribution in [0.2, 0.25) is 0 Å². The number of alkyl halides is 1. The standard InChI is InChI=1S/C19H19FO4S2/c1-2-3-4-11-16-19(20,25(21,22)17-12-7-5-8-13-17)26(23,24)18-14-9-6-10-15-18/h2-15H,16H2,1H3/b3-2+,11-4+. The highest BCUT2D eigenvalue weighted by Gasteiger charge is 2.56. The van der Waals surface area contributed by atoms with Crippen molar-refractivity contribution in [2.75, 3.05) is 0 Å². The van der Waals surface area contributed by atoms with Gasteiger partial charge in [-0.15, -0.1) is 0 Å². The molecule has 2 rings (SSSR count). The molecule has 7 heteroatoms. The Morgan fingerprint density at radius 3 is 1.62 bits per heavy atom. The normalized spacial score (nSPS) is 13.5. The Bertz CT molecular complexity index is 925. The van der Waals surface area contributed by atoms with Gasteiger partial charge in [-0.1, -0.05) is 60.7 Å². The van der Waals surface area contributed by atoms with Crippen LogP contribution >= 0.6 is 0 Å². The van der Waals surface area contributed by atoms with Crippen LogP contribution < -0.4 is 0 Å². The first kappa shape index (κ1) is 20.1. The number of sulfone groups is 2. The van der Waals surface area contributed by atoms with Gasteiger partial charge in [0.25, 0.3) is 0 Å². The van der Waals surface area contributed by atoms with Crippen LogP contribution in [0.1, 0.15) is 13.3 Å². The van der Waals surface area contributed by atoms with Gasteiger partial charge in [0.1, 0.15) is 0 Å². The van der Waals surface area contributed by atoms with E-state index in [1.54, 1.807) is 31.2 Å². The van der Waals surface area contributed by atoms with Gasteiger partial charge in [-0.05, 0) is 31.2 Å². The van der Waals surface area contributed by atoms with Gasteiger partial charge in [0.05, 0.1) is 9.79 Å². The number of rotatable bonds is 7. The molecule has 26 heavy (non-hydrogen) atoms. The number of halogens is 1. The van der Waals surface area contributed by atoms with E-state index in [0.717, 1.165) is 0 Å². The molecule has 2 aromatic carbocycles. The summed E-state index contributed by atoms with van der Waals surface area (Å²) >= 11 is 0. The molecule has 0 unspecified atom stereocenters. The molecule has 2 aromatic rings. The van der Waals surface area contributed by atoms with Crippen LogP contribution in [0.5, 0.6) is 0 Å². The fraction of sp³-hybridized carbons (Fsp3) is 0.158. The van der Waals surface area contributed by atoms with E-state index in [2.05, 4.69) is 0 Å². The van der Waals surface area contributed by atoms with Crippen molar-refractivity contribution >= 4 is 19.7 Å². The van der Waals surface area contributed by atoms with Crippen LogP contribution in [-0.2, 0) is 19.7 Å². The highest BCUT2D eigenvalue weighted by molar-refractivity contribution is 8.10. The van der Waals surface area contributed by atoms with E-state index in [1.807, 2.05) is 0 Å². The number of hydrogen-bond acceptors (Lipinski definition) is 4. The highest BCUT2D eigenvalue weighted by Crippen LogP contribution is 2.40. The molecule has 4 nitrogen and oxygen atoms in total. The summed E-state index contributed by atoms with van der Waals surface area (Å²) in [5.74, 6) is 0. The molecule has 0 spiro atoms. The lowest BCUT2D eigenvalue weighted by atomic mass is 10.4. The van der Waals surface area contributed by atoms with Gasteiger partial charge in [-0.3, -0.25) is 0 Å². The average molecular weight is 394 g/mol. The van der Waals surface area contributed by atoms with Crippen LogP contribution in [0.15, 0.2) is 94.8 Å². The Kier molecular flexibility index (Phi) is 6.15. The lowest BCUT2D eigenvalue weighted by Gasteiger charge is -2.24. The Hall–Kier alpha value is -2.25. The van der Waals surface area contributed by atoms with Crippen molar-refractivity contribution in [3.63, 3.8) is 0 Å². The molecule has 0 aliphatic heterocycles. The van der Waals surface area contributed by atoms with Gasteiger partial charge in [-0.2, -0.15) is 0 Å². The van der Waals surface area contributed by atoms with Crippen LogP contribution in [-0.4, -0.2) is 21.2 Å². The first-order chi connectivity index (χ1) is 12.3. The largest absolute Gasteiger partial charge is 0.321 e. The van der Waals surface area contributed by atoms with Crippen molar-refractivity contribution in [3.8, 4) is 0 Å². The second kappa shape index (κ2) is 7.97. The zero-order valence-corrected chi connectivity index (χ0v) is 15.8. The topological polar surface area (TPSA) is 68.3 Å². The van der Waals surface area contributed by atoms with E-state index in [0.29, 0.717) is 0 Å². The van der Waals surface area contributed by atoms with Crippen molar-refractivity contribution in [2.24, 2.45) is 0 Å². The molecular formula is C19H19FO4S2. The molecule has 0 atom stereocenters. The number of allylic oxidation sites excluding steroid dienone is 4. The van der Waals surface area contributed by atoms with Gasteiger partial charge >= 0.3 is 4.33 Å². The van der Waals surface area contributed by atoms with Gasteiger partial charge in [-0.25, -0.2) is 21.2 Å². The zero-order chi connectivity index (χ0) is 19.3. The Morgan fingerprint density at radius 1 is 0.808 bits per heavy atom. The second-order valence-electron chi connectivity index (χ2n) is 5.45. The smallest absolute Gasteiger partial charge is 0.219 e. The molecule has 0 aliphatic rings. The van der Waals surface area contributed by atoms with Gasteiger partial charge in [0.15, 0.2) is 0 Å². The number of benzene rings is 2. The van der Waals surface area contributed by atoms with E-state index in [4.69, 9.17) is 0 Å². The Labute approximate surface area is 153 Å². The SMILES string of the molecule is C/C=C/C=C/CC(F)(S(=O)(=O)c1ccccc1)S(=O)(=O)c1ccccc1. The van der Waals surface area contributed by atoms with E-state index in [9.17, 15) is 16.8 Å². The van der Waals surface area contributed by atoms with E-state index in [-0.39, 0.29) is 9.79 Å². The highest BCUT2D eigenvalue weighted by atomic mass is 32.3. The van der Waals surface area contributed by atoms with Crippen LogP contribution in [0.4, 0.5) is 4.39 Å². The first-order valence-corrected chi connectivity index (χ1v) is 10.8. The van der Waals surface area contributed by atoms with Crippen LogP contribution in [0.3, 0.4) is 0 Å². The van der Waals surface area contributed by atoms with Gasteiger partial charge in [0.2, 0.25) is 19.7 Å². The molecule has 0 saturated heterocycles. The summed E-state index contributed by atoms with van der Waals surface area (Å²) in [7, 11) is -9.65. The summed E-state index contributed by atoms with van der Waals surface area (Å²) in [6.45, 7) is 1.73. The third-order valence-electron chi connectivity index (χ3n) is 3.71. The maximum Gasteiger partial charge on any atom is 0.321 e. The minimum Gasteiger partial charge on any atom is -0.219 e. The van der Waals surface area contributed by atoms with E-state index >= 15 is 4.39 Å². The molecule has 0 aliphatic carbocycles. The third kappa shape index (κ3) is 3.64. The van der Waals surface area contributed by atoms with Crippen LogP contribution in [0, 0.1) is 0 Å². The average Bonchev–Trinajstić information content (AvgIpc) is 2.66. The predicted octanol–water partition coefficient (Wildman–Crippen LogP) is 4.08. The van der Waals surface area contributed by atoms with Crippen molar-refractivity contribution in [2.45, 2.75) is 27.5 Å². The fourth-order valence-electron chi connectivity index (χ4n) is 2.31. The molecule has 0 N–H and O–H groups in total.